The second-order valence-corrected chi connectivity index (χ2v) is 2.06. The first-order valence-corrected chi connectivity index (χ1v) is 3.19. The minimum Gasteiger partial charge on any atom is -0.573 e. The van der Waals surface area contributed by atoms with Crippen LogP contribution in [0.4, 0.5) is 0 Å². The molecule has 4 heteroatoms. The molecule has 2 aromatic rings. The third-order valence-electron chi connectivity index (χ3n) is 1.34. The van der Waals surface area contributed by atoms with E-state index in [0.717, 1.165) is 5.56 Å². The van der Waals surface area contributed by atoms with E-state index in [4.69, 9.17) is 4.42 Å². The van der Waals surface area contributed by atoms with Crippen LogP contribution in [0.3, 0.4) is 0 Å². The number of nitrogens with zero attached hydrogens (tertiary/aromatic N) is 2. The van der Waals surface area contributed by atoms with Crippen molar-refractivity contribution in [1.29, 1.82) is 0 Å². The van der Waals surface area contributed by atoms with Gasteiger partial charge in [0.25, 0.3) is 0 Å². The monoisotopic (exact) mass is 152 g/mol. The summed E-state index contributed by atoms with van der Waals surface area (Å²) in [5.74, 6) is 0.693. The van der Waals surface area contributed by atoms with Gasteiger partial charge in [-0.15, -0.1) is 0 Å². The number of pyridine rings is 1. The van der Waals surface area contributed by atoms with Crippen molar-refractivity contribution >= 4 is 0 Å². The zero-order chi connectivity index (χ0) is 7.52. The van der Waals surface area contributed by atoms with Crippen molar-refractivity contribution in [3.63, 3.8) is 0 Å². The maximum absolute atomic E-state index is 4.94. The summed E-state index contributed by atoms with van der Waals surface area (Å²) in [5.41, 5.74) is 0.918. The van der Waals surface area contributed by atoms with Gasteiger partial charge in [-0.1, -0.05) is 12.3 Å². The summed E-state index contributed by atoms with van der Waals surface area (Å²) in [6.07, 6.45) is 7.41. The van der Waals surface area contributed by atoms with Gasteiger partial charge in [0.15, 0.2) is 0 Å². The summed E-state index contributed by atoms with van der Waals surface area (Å²) in [5, 5.41) is 0. The fraction of sp³-hybridized carbons (Fsp3) is 0. The molecule has 0 N–H and O–H groups in total. The van der Waals surface area contributed by atoms with Crippen molar-refractivity contribution in [3.05, 3.63) is 37.1 Å². The van der Waals surface area contributed by atoms with E-state index in [1.165, 1.54) is 0 Å². The fourth-order valence-corrected chi connectivity index (χ4v) is 0.829. The molecule has 0 saturated carbocycles. The molecule has 0 aliphatic heterocycles. The summed E-state index contributed by atoms with van der Waals surface area (Å²) in [6.45, 7) is 0. The molecule has 2 heterocycles. The Labute approximate surface area is 82.0 Å². The maximum atomic E-state index is 4.94. The predicted molar refractivity (Wildman–Crippen MR) is 38.6 cm³/mol. The third kappa shape index (κ3) is 1.76. The minimum atomic E-state index is 0. The molecule has 0 aliphatic carbocycles. The van der Waals surface area contributed by atoms with Gasteiger partial charge in [-0.25, -0.2) is 0 Å². The number of hydrogen-bond acceptors (Lipinski definition) is 3. The first kappa shape index (κ1) is 9.05. The summed E-state index contributed by atoms with van der Waals surface area (Å²) in [6, 6.07) is 3.75. The van der Waals surface area contributed by atoms with Crippen LogP contribution < -0.4 is 18.9 Å². The van der Waals surface area contributed by atoms with Crippen LogP contribution in [0.1, 0.15) is 0 Å². The van der Waals surface area contributed by atoms with Crippen LogP contribution in [0.15, 0.2) is 35.1 Å². The summed E-state index contributed by atoms with van der Waals surface area (Å²) in [4.78, 5) is 7.62. The van der Waals surface area contributed by atoms with Gasteiger partial charge in [-0.3, -0.25) is 4.98 Å². The van der Waals surface area contributed by atoms with Gasteiger partial charge in [0.05, 0.1) is 0 Å². The molecule has 0 bridgehead atoms. The van der Waals surface area contributed by atoms with Gasteiger partial charge in [0.2, 0.25) is 0 Å². The molecule has 2 rings (SSSR count). The number of hydrogen-bond donors (Lipinski definition) is 0. The van der Waals surface area contributed by atoms with Crippen LogP contribution in [-0.4, -0.2) is 9.97 Å². The molecule has 2 aromatic heterocycles. The Balaban J connectivity index is 0.000000720. The molecule has 3 nitrogen and oxygen atoms in total. The topological polar surface area (TPSA) is 38.9 Å². The van der Waals surface area contributed by atoms with Crippen LogP contribution >= 0.6 is 0 Å². The van der Waals surface area contributed by atoms with Gasteiger partial charge in [0, 0.05) is 12.4 Å². The normalized spacial score (nSPS) is 9.00. The molecule has 12 heavy (non-hydrogen) atoms. The van der Waals surface area contributed by atoms with E-state index in [-0.39, 0.29) is 18.9 Å². The molecular formula is C8H5LiN2O. The molecule has 0 aromatic carbocycles. The van der Waals surface area contributed by atoms with Crippen molar-refractivity contribution in [3.8, 4) is 11.3 Å². The van der Waals surface area contributed by atoms with E-state index in [1.807, 2.05) is 12.1 Å². The Bertz CT molecular complexity index is 320. The zero-order valence-electron chi connectivity index (χ0n) is 6.69. The zero-order valence-corrected chi connectivity index (χ0v) is 6.69. The summed E-state index contributed by atoms with van der Waals surface area (Å²) < 4.78 is 4.94. The van der Waals surface area contributed by atoms with Crippen LogP contribution in [0, 0.1) is 6.39 Å². The predicted octanol–water partition coefficient (Wildman–Crippen LogP) is -1.46. The van der Waals surface area contributed by atoms with Crippen molar-refractivity contribution in [1.82, 2.24) is 9.97 Å². The Kier molecular flexibility index (Phi) is 3.09. The van der Waals surface area contributed by atoms with E-state index in [1.54, 1.807) is 18.6 Å². The fourth-order valence-electron chi connectivity index (χ4n) is 0.829. The van der Waals surface area contributed by atoms with Gasteiger partial charge < -0.3 is 9.40 Å². The van der Waals surface area contributed by atoms with E-state index >= 15 is 0 Å². The molecule has 0 atom stereocenters. The summed E-state index contributed by atoms with van der Waals surface area (Å²) in [7, 11) is 0. The Morgan fingerprint density at radius 1 is 1.33 bits per heavy atom. The minimum absolute atomic E-state index is 0. The average Bonchev–Trinajstić information content (AvgIpc) is 2.58. The maximum Gasteiger partial charge on any atom is 1.00 e. The Hall–Kier alpha value is -1.04. The second-order valence-electron chi connectivity index (χ2n) is 2.06. The van der Waals surface area contributed by atoms with Crippen LogP contribution in [-0.2, 0) is 0 Å². The molecular weight excluding hydrogens is 147 g/mol. The Morgan fingerprint density at radius 2 is 2.25 bits per heavy atom. The van der Waals surface area contributed by atoms with Crippen molar-refractivity contribution in [2.75, 3.05) is 0 Å². The van der Waals surface area contributed by atoms with Gasteiger partial charge in [-0.2, -0.15) is 0 Å². The number of aromatic nitrogens is 2. The Morgan fingerprint density at radius 3 is 2.83 bits per heavy atom. The van der Waals surface area contributed by atoms with Crippen LogP contribution in [0.5, 0.6) is 0 Å². The molecule has 0 unspecified atom stereocenters. The summed E-state index contributed by atoms with van der Waals surface area (Å²) >= 11 is 0. The molecule has 0 saturated heterocycles. The quantitative estimate of drug-likeness (QED) is 0.370. The van der Waals surface area contributed by atoms with E-state index in [9.17, 15) is 0 Å². The smallest absolute Gasteiger partial charge is 0.573 e. The second kappa shape index (κ2) is 4.10. The van der Waals surface area contributed by atoms with Crippen LogP contribution in [0.2, 0.25) is 0 Å². The van der Waals surface area contributed by atoms with Gasteiger partial charge in [0.1, 0.15) is 6.39 Å². The van der Waals surface area contributed by atoms with E-state index < -0.39 is 0 Å². The standard InChI is InChI=1S/C8H5N2O.Li/c1-2-7(4-9-3-1)8-5-10-6-11-8;/h1-5H;/q-1;+1. The third-order valence-corrected chi connectivity index (χ3v) is 1.34. The molecule has 0 radical (unpaired) electrons. The average molecular weight is 152 g/mol. The van der Waals surface area contributed by atoms with Crippen molar-refractivity contribution in [2.24, 2.45) is 0 Å². The molecule has 0 amide bonds. The molecule has 54 valence electrons. The van der Waals surface area contributed by atoms with Gasteiger partial charge >= 0.3 is 18.9 Å². The van der Waals surface area contributed by atoms with E-state index in [2.05, 4.69) is 16.4 Å². The molecule has 0 fully saturated rings. The van der Waals surface area contributed by atoms with Crippen molar-refractivity contribution < 1.29 is 23.3 Å². The van der Waals surface area contributed by atoms with Gasteiger partial charge in [-0.05, 0) is 17.4 Å². The number of rotatable bonds is 1. The van der Waals surface area contributed by atoms with Crippen LogP contribution in [0.25, 0.3) is 11.3 Å². The first-order valence-electron chi connectivity index (χ1n) is 3.19. The number of oxazole rings is 1. The SMILES string of the molecule is [Li+].[c-]1ncc(-c2cccnc2)o1. The largest absolute Gasteiger partial charge is 1.00 e. The molecule has 0 aliphatic rings. The first-order chi connectivity index (χ1) is 5.47. The molecule has 0 spiro atoms. The van der Waals surface area contributed by atoms with Crippen molar-refractivity contribution in [2.45, 2.75) is 0 Å². The van der Waals surface area contributed by atoms with E-state index in [0.29, 0.717) is 5.76 Å².